The van der Waals surface area contributed by atoms with Crippen molar-refractivity contribution in [3.63, 3.8) is 0 Å². The summed E-state index contributed by atoms with van der Waals surface area (Å²) in [4.78, 5) is 3.38. The molecular weight excluding hydrogens is 219 g/mol. The maximum atomic E-state index is 12.2. The largest absolute Gasteiger partial charge is 0.418 e. The summed E-state index contributed by atoms with van der Waals surface area (Å²) in [5, 5.41) is 6.87. The third kappa shape index (κ3) is 2.59. The number of nitrogens with two attached hydrogens (primary N) is 1. The van der Waals surface area contributed by atoms with Gasteiger partial charge in [0, 0.05) is 6.20 Å². The molecule has 1 rings (SSSR count). The van der Waals surface area contributed by atoms with Crippen molar-refractivity contribution in [2.24, 2.45) is 5.73 Å². The van der Waals surface area contributed by atoms with Gasteiger partial charge in [-0.3, -0.25) is 10.4 Å². The Balaban J connectivity index is 0.00000169. The molecule has 0 amide bonds. The molecule has 0 bridgehead atoms. The Labute approximate surface area is 84.1 Å². The average Bonchev–Trinajstić information content (AvgIpc) is 2.03. The number of hydrogen-bond donors (Lipinski definition) is 2. The predicted octanol–water partition coefficient (Wildman–Crippen LogP) is 1.81. The second-order valence-electron chi connectivity index (χ2n) is 2.31. The van der Waals surface area contributed by atoms with Crippen LogP contribution in [0.1, 0.15) is 11.3 Å². The first-order valence-electron chi connectivity index (χ1n) is 3.29. The molecule has 0 fully saturated rings. The van der Waals surface area contributed by atoms with E-state index in [1.807, 2.05) is 0 Å². The minimum Gasteiger partial charge on any atom is -0.382 e. The molecule has 0 saturated carbocycles. The molecule has 1 aromatic heterocycles. The van der Waals surface area contributed by atoms with Crippen molar-refractivity contribution < 1.29 is 13.2 Å². The van der Waals surface area contributed by atoms with E-state index in [4.69, 9.17) is 11.1 Å². The van der Waals surface area contributed by atoms with Crippen LogP contribution in [0.3, 0.4) is 0 Å². The zero-order valence-corrected chi connectivity index (χ0v) is 7.62. The van der Waals surface area contributed by atoms with Gasteiger partial charge in [-0.05, 0) is 12.1 Å². The van der Waals surface area contributed by atoms with Gasteiger partial charge in [-0.1, -0.05) is 0 Å². The Kier molecular flexibility index (Phi) is 3.88. The van der Waals surface area contributed by atoms with Gasteiger partial charge in [0.1, 0.15) is 11.5 Å². The van der Waals surface area contributed by atoms with Gasteiger partial charge in [0.05, 0.1) is 5.56 Å². The van der Waals surface area contributed by atoms with Crippen molar-refractivity contribution in [3.8, 4) is 0 Å². The van der Waals surface area contributed by atoms with E-state index in [-0.39, 0.29) is 12.4 Å². The van der Waals surface area contributed by atoms with Gasteiger partial charge < -0.3 is 5.73 Å². The Morgan fingerprint density at radius 2 is 2.00 bits per heavy atom. The number of nitrogens with zero attached hydrogens (tertiary/aromatic N) is 1. The summed E-state index contributed by atoms with van der Waals surface area (Å²) >= 11 is 0. The number of nitrogen functional groups attached to an aromatic ring is 1. The highest BCUT2D eigenvalue weighted by molar-refractivity contribution is 5.94. The molecule has 78 valence electrons. The van der Waals surface area contributed by atoms with Gasteiger partial charge in [0.25, 0.3) is 0 Å². The van der Waals surface area contributed by atoms with E-state index in [9.17, 15) is 13.2 Å². The van der Waals surface area contributed by atoms with Crippen molar-refractivity contribution in [1.82, 2.24) is 4.98 Å². The van der Waals surface area contributed by atoms with Crippen LogP contribution in [0.15, 0.2) is 18.3 Å². The second-order valence-corrected chi connectivity index (χ2v) is 2.31. The zero-order valence-electron chi connectivity index (χ0n) is 6.80. The van der Waals surface area contributed by atoms with Crippen LogP contribution in [0.25, 0.3) is 0 Å². The lowest BCUT2D eigenvalue weighted by atomic mass is 10.2. The average molecular weight is 226 g/mol. The number of nitrogens with one attached hydrogen (secondary N) is 1. The van der Waals surface area contributed by atoms with E-state index in [0.29, 0.717) is 0 Å². The fourth-order valence-electron chi connectivity index (χ4n) is 0.849. The lowest BCUT2D eigenvalue weighted by Gasteiger charge is -2.09. The molecule has 0 aliphatic heterocycles. The van der Waals surface area contributed by atoms with Crippen LogP contribution in [0.4, 0.5) is 13.2 Å². The predicted molar refractivity (Wildman–Crippen MR) is 47.5 cm³/mol. The fraction of sp³-hybridized carbons (Fsp3) is 0.143. The van der Waals surface area contributed by atoms with Gasteiger partial charge in [0.15, 0.2) is 0 Å². The van der Waals surface area contributed by atoms with Crippen molar-refractivity contribution in [3.05, 3.63) is 29.6 Å². The van der Waals surface area contributed by atoms with E-state index in [1.165, 1.54) is 0 Å². The van der Waals surface area contributed by atoms with Gasteiger partial charge >= 0.3 is 6.18 Å². The van der Waals surface area contributed by atoms with Gasteiger partial charge in [-0.15, -0.1) is 12.4 Å². The zero-order chi connectivity index (χ0) is 10.1. The van der Waals surface area contributed by atoms with Crippen molar-refractivity contribution in [2.75, 3.05) is 0 Å². The molecule has 0 unspecified atom stereocenters. The number of rotatable bonds is 1. The number of amidine groups is 1. The SMILES string of the molecule is Cl.N=C(N)c1ncccc1C(F)(F)F. The molecule has 0 saturated heterocycles. The van der Waals surface area contributed by atoms with E-state index >= 15 is 0 Å². The molecule has 0 spiro atoms. The number of halogens is 4. The van der Waals surface area contributed by atoms with Crippen LogP contribution in [-0.2, 0) is 6.18 Å². The monoisotopic (exact) mass is 225 g/mol. The lowest BCUT2D eigenvalue weighted by Crippen LogP contribution is -2.20. The molecule has 3 N–H and O–H groups in total. The quantitative estimate of drug-likeness (QED) is 0.566. The van der Waals surface area contributed by atoms with Gasteiger partial charge in [0.2, 0.25) is 0 Å². The van der Waals surface area contributed by atoms with Crippen molar-refractivity contribution >= 4 is 18.2 Å². The third-order valence-electron chi connectivity index (χ3n) is 1.37. The van der Waals surface area contributed by atoms with Gasteiger partial charge in [-0.2, -0.15) is 13.2 Å². The highest BCUT2D eigenvalue weighted by atomic mass is 35.5. The summed E-state index contributed by atoms with van der Waals surface area (Å²) < 4.78 is 36.6. The van der Waals surface area contributed by atoms with Crippen molar-refractivity contribution in [2.45, 2.75) is 6.18 Å². The second kappa shape index (κ2) is 4.28. The van der Waals surface area contributed by atoms with E-state index in [2.05, 4.69) is 4.98 Å². The molecule has 1 heterocycles. The molecule has 0 aromatic carbocycles. The third-order valence-corrected chi connectivity index (χ3v) is 1.37. The fourth-order valence-corrected chi connectivity index (χ4v) is 0.849. The van der Waals surface area contributed by atoms with Gasteiger partial charge in [-0.25, -0.2) is 0 Å². The maximum absolute atomic E-state index is 12.2. The topological polar surface area (TPSA) is 62.8 Å². The Morgan fingerprint density at radius 1 is 1.43 bits per heavy atom. The summed E-state index contributed by atoms with van der Waals surface area (Å²) in [5.41, 5.74) is 3.42. The molecular formula is C7H7ClF3N3. The molecule has 0 atom stereocenters. The van der Waals surface area contributed by atoms with Crippen LogP contribution >= 0.6 is 12.4 Å². The Hall–Kier alpha value is -1.30. The molecule has 7 heteroatoms. The van der Waals surface area contributed by atoms with Crippen LogP contribution in [0, 0.1) is 5.41 Å². The number of hydrogen-bond acceptors (Lipinski definition) is 2. The minimum absolute atomic E-state index is 0. The summed E-state index contributed by atoms with van der Waals surface area (Å²) in [6.07, 6.45) is -3.36. The molecule has 1 aromatic rings. The molecule has 0 radical (unpaired) electrons. The summed E-state index contributed by atoms with van der Waals surface area (Å²) in [6.45, 7) is 0. The molecule has 0 aliphatic rings. The standard InChI is InChI=1S/C7H6F3N3.ClH/c8-7(9,10)4-2-1-3-13-5(4)6(11)12;/h1-3H,(H3,11,12);1H. The van der Waals surface area contributed by atoms with Crippen LogP contribution in [0.5, 0.6) is 0 Å². The van der Waals surface area contributed by atoms with E-state index in [0.717, 1.165) is 18.3 Å². The maximum Gasteiger partial charge on any atom is 0.418 e. The van der Waals surface area contributed by atoms with Crippen LogP contribution in [-0.4, -0.2) is 10.8 Å². The smallest absolute Gasteiger partial charge is 0.382 e. The summed E-state index contributed by atoms with van der Waals surface area (Å²) in [6, 6.07) is 1.99. The first-order chi connectivity index (χ1) is 5.93. The summed E-state index contributed by atoms with van der Waals surface area (Å²) in [7, 11) is 0. The van der Waals surface area contributed by atoms with Crippen molar-refractivity contribution in [1.29, 1.82) is 5.41 Å². The summed E-state index contributed by atoms with van der Waals surface area (Å²) in [5.74, 6) is -0.687. The number of pyridine rings is 1. The first kappa shape index (κ1) is 12.7. The number of aromatic nitrogens is 1. The molecule has 14 heavy (non-hydrogen) atoms. The lowest BCUT2D eigenvalue weighted by molar-refractivity contribution is -0.138. The highest BCUT2D eigenvalue weighted by Crippen LogP contribution is 2.30. The Bertz CT molecular complexity index is 337. The normalized spacial score (nSPS) is 10.5. The van der Waals surface area contributed by atoms with E-state index in [1.54, 1.807) is 0 Å². The molecule has 3 nitrogen and oxygen atoms in total. The number of alkyl halides is 3. The minimum atomic E-state index is -4.52. The Morgan fingerprint density at radius 3 is 2.36 bits per heavy atom. The van der Waals surface area contributed by atoms with Crippen LogP contribution < -0.4 is 5.73 Å². The first-order valence-corrected chi connectivity index (χ1v) is 3.29. The highest BCUT2D eigenvalue weighted by Gasteiger charge is 2.34. The van der Waals surface area contributed by atoms with Crippen LogP contribution in [0.2, 0.25) is 0 Å². The molecule has 0 aliphatic carbocycles. The van der Waals surface area contributed by atoms with E-state index < -0.39 is 23.3 Å².